The van der Waals surface area contributed by atoms with Crippen molar-refractivity contribution in [3.8, 4) is 5.75 Å². The Morgan fingerprint density at radius 3 is 2.71 bits per heavy atom. The normalized spacial score (nSPS) is 18.7. The third kappa shape index (κ3) is 3.06. The van der Waals surface area contributed by atoms with Crippen LogP contribution < -0.4 is 16.0 Å². The largest absolute Gasteiger partial charge is 0.493 e. The third-order valence-electron chi connectivity index (χ3n) is 4.07. The molecule has 0 bridgehead atoms. The number of fused-ring (bicyclic) bond motifs is 1. The number of hydrogen-bond acceptors (Lipinski definition) is 3. The van der Waals surface area contributed by atoms with Gasteiger partial charge >= 0.3 is 0 Å². The molecule has 2 atom stereocenters. The van der Waals surface area contributed by atoms with Gasteiger partial charge in [-0.15, -0.1) is 0 Å². The summed E-state index contributed by atoms with van der Waals surface area (Å²) in [6, 6.07) is 14.8. The van der Waals surface area contributed by atoms with Crippen LogP contribution in [0.4, 0.5) is 4.39 Å². The van der Waals surface area contributed by atoms with E-state index in [4.69, 9.17) is 10.6 Å². The number of nitrogens with one attached hydrogen (secondary N) is 1. The molecule has 21 heavy (non-hydrogen) atoms. The zero-order chi connectivity index (χ0) is 14.7. The zero-order valence-electron chi connectivity index (χ0n) is 11.8. The van der Waals surface area contributed by atoms with Crippen LogP contribution in [-0.2, 0) is 6.42 Å². The first kappa shape index (κ1) is 14.0. The van der Waals surface area contributed by atoms with Gasteiger partial charge in [-0.05, 0) is 42.2 Å². The van der Waals surface area contributed by atoms with E-state index in [0.717, 1.165) is 24.2 Å². The molecule has 110 valence electrons. The van der Waals surface area contributed by atoms with Gasteiger partial charge in [-0.3, -0.25) is 11.3 Å². The number of nitrogens with two attached hydrogens (primary N) is 1. The minimum atomic E-state index is -0.215. The van der Waals surface area contributed by atoms with Gasteiger partial charge in [0, 0.05) is 12.0 Å². The third-order valence-corrected chi connectivity index (χ3v) is 4.07. The number of halogens is 1. The highest BCUT2D eigenvalue weighted by molar-refractivity contribution is 5.39. The summed E-state index contributed by atoms with van der Waals surface area (Å²) >= 11 is 0. The number of rotatable bonds is 4. The van der Waals surface area contributed by atoms with Crippen LogP contribution in [-0.4, -0.2) is 12.6 Å². The standard InChI is InChI=1S/C17H19FN2O/c18-13-7-5-12(6-8-13)11-16(20-19)14-9-10-21-17-4-2-1-3-15(14)17/h1-8,14,16,20H,9-11,19H2. The number of ether oxygens (including phenoxy) is 1. The first-order chi connectivity index (χ1) is 10.3. The van der Waals surface area contributed by atoms with Crippen molar-refractivity contribution >= 4 is 0 Å². The van der Waals surface area contributed by atoms with E-state index in [0.29, 0.717) is 12.5 Å². The molecule has 3 nitrogen and oxygen atoms in total. The smallest absolute Gasteiger partial charge is 0.123 e. The van der Waals surface area contributed by atoms with E-state index in [9.17, 15) is 4.39 Å². The van der Waals surface area contributed by atoms with Crippen LogP contribution in [0, 0.1) is 5.82 Å². The molecule has 0 fully saturated rings. The molecule has 3 N–H and O–H groups in total. The first-order valence-corrected chi connectivity index (χ1v) is 7.20. The van der Waals surface area contributed by atoms with Crippen molar-refractivity contribution < 1.29 is 9.13 Å². The molecular formula is C17H19FN2O. The van der Waals surface area contributed by atoms with E-state index in [2.05, 4.69) is 11.5 Å². The first-order valence-electron chi connectivity index (χ1n) is 7.20. The average Bonchev–Trinajstić information content (AvgIpc) is 2.54. The van der Waals surface area contributed by atoms with E-state index in [-0.39, 0.29) is 11.9 Å². The summed E-state index contributed by atoms with van der Waals surface area (Å²) in [7, 11) is 0. The maximum absolute atomic E-state index is 13.0. The summed E-state index contributed by atoms with van der Waals surface area (Å²) in [5, 5.41) is 0. The minimum absolute atomic E-state index is 0.0977. The van der Waals surface area contributed by atoms with E-state index >= 15 is 0 Å². The van der Waals surface area contributed by atoms with Crippen molar-refractivity contribution in [1.82, 2.24) is 5.43 Å². The Morgan fingerprint density at radius 2 is 1.95 bits per heavy atom. The number of hydrazine groups is 1. The maximum Gasteiger partial charge on any atom is 0.123 e. The van der Waals surface area contributed by atoms with Gasteiger partial charge in [0.05, 0.1) is 6.61 Å². The lowest BCUT2D eigenvalue weighted by atomic mass is 9.84. The Hall–Kier alpha value is -1.91. The van der Waals surface area contributed by atoms with E-state index in [1.165, 1.54) is 17.7 Å². The van der Waals surface area contributed by atoms with E-state index < -0.39 is 0 Å². The summed E-state index contributed by atoms with van der Waals surface area (Å²) < 4.78 is 18.7. The average molecular weight is 286 g/mol. The molecule has 1 aliphatic rings. The predicted octanol–water partition coefficient (Wildman–Crippen LogP) is 2.77. The summed E-state index contributed by atoms with van der Waals surface area (Å²) in [4.78, 5) is 0. The molecule has 1 aliphatic heterocycles. The predicted molar refractivity (Wildman–Crippen MR) is 80.5 cm³/mol. The molecule has 2 aromatic rings. The Balaban J connectivity index is 1.82. The van der Waals surface area contributed by atoms with Gasteiger partial charge in [0.2, 0.25) is 0 Å². The van der Waals surface area contributed by atoms with Crippen molar-refractivity contribution in [2.75, 3.05) is 6.61 Å². The fourth-order valence-electron chi connectivity index (χ4n) is 2.98. The van der Waals surface area contributed by atoms with Gasteiger partial charge in [-0.1, -0.05) is 30.3 Å². The molecule has 1 heterocycles. The van der Waals surface area contributed by atoms with Crippen LogP contribution in [0.3, 0.4) is 0 Å². The lowest BCUT2D eigenvalue weighted by molar-refractivity contribution is 0.245. The quantitative estimate of drug-likeness (QED) is 0.671. The molecule has 0 saturated heterocycles. The van der Waals surface area contributed by atoms with Crippen molar-refractivity contribution in [3.63, 3.8) is 0 Å². The minimum Gasteiger partial charge on any atom is -0.493 e. The molecular weight excluding hydrogens is 267 g/mol. The Bertz CT molecular complexity index is 600. The van der Waals surface area contributed by atoms with Crippen LogP contribution in [0.5, 0.6) is 5.75 Å². The molecule has 2 aromatic carbocycles. The molecule has 0 spiro atoms. The zero-order valence-corrected chi connectivity index (χ0v) is 11.8. The van der Waals surface area contributed by atoms with Gasteiger partial charge in [0.15, 0.2) is 0 Å². The molecule has 4 heteroatoms. The fraction of sp³-hybridized carbons (Fsp3) is 0.294. The SMILES string of the molecule is NNC(Cc1ccc(F)cc1)C1CCOc2ccccc21. The number of hydrogen-bond donors (Lipinski definition) is 2. The van der Waals surface area contributed by atoms with Crippen molar-refractivity contribution in [2.45, 2.75) is 24.8 Å². The highest BCUT2D eigenvalue weighted by Crippen LogP contribution is 2.36. The fourth-order valence-corrected chi connectivity index (χ4v) is 2.98. The van der Waals surface area contributed by atoms with E-state index in [1.807, 2.05) is 30.3 Å². The lowest BCUT2D eigenvalue weighted by Gasteiger charge is -2.32. The monoisotopic (exact) mass is 286 g/mol. The van der Waals surface area contributed by atoms with Gasteiger partial charge in [-0.2, -0.15) is 0 Å². The molecule has 0 aromatic heterocycles. The number of para-hydroxylation sites is 1. The van der Waals surface area contributed by atoms with Crippen molar-refractivity contribution in [3.05, 3.63) is 65.5 Å². The van der Waals surface area contributed by atoms with Crippen LogP contribution in [0.25, 0.3) is 0 Å². The Morgan fingerprint density at radius 1 is 1.19 bits per heavy atom. The van der Waals surface area contributed by atoms with Gasteiger partial charge in [0.1, 0.15) is 11.6 Å². The summed E-state index contributed by atoms with van der Waals surface area (Å²) in [6.45, 7) is 0.698. The van der Waals surface area contributed by atoms with Gasteiger partial charge in [-0.25, -0.2) is 4.39 Å². The Kier molecular flexibility index (Phi) is 4.18. The van der Waals surface area contributed by atoms with Crippen LogP contribution in [0.2, 0.25) is 0 Å². The van der Waals surface area contributed by atoms with Crippen LogP contribution in [0.15, 0.2) is 48.5 Å². The van der Waals surface area contributed by atoms with E-state index in [1.54, 1.807) is 0 Å². The van der Waals surface area contributed by atoms with Crippen molar-refractivity contribution in [2.24, 2.45) is 5.84 Å². The summed E-state index contributed by atoms with van der Waals surface area (Å²) in [6.07, 6.45) is 1.68. The second-order valence-corrected chi connectivity index (χ2v) is 5.39. The summed E-state index contributed by atoms with van der Waals surface area (Å²) in [5.74, 6) is 6.79. The highest BCUT2D eigenvalue weighted by Gasteiger charge is 2.28. The second kappa shape index (κ2) is 6.24. The molecule has 2 unspecified atom stereocenters. The molecule has 3 rings (SSSR count). The molecule has 0 aliphatic carbocycles. The number of benzene rings is 2. The topological polar surface area (TPSA) is 47.3 Å². The highest BCUT2D eigenvalue weighted by atomic mass is 19.1. The van der Waals surface area contributed by atoms with Crippen LogP contribution in [0.1, 0.15) is 23.5 Å². The van der Waals surface area contributed by atoms with Crippen molar-refractivity contribution in [1.29, 1.82) is 0 Å². The Labute approximate surface area is 123 Å². The van der Waals surface area contributed by atoms with Crippen LogP contribution >= 0.6 is 0 Å². The molecule has 0 radical (unpaired) electrons. The molecule has 0 amide bonds. The summed E-state index contributed by atoms with van der Waals surface area (Å²) in [5.41, 5.74) is 5.19. The molecule has 0 saturated carbocycles. The lowest BCUT2D eigenvalue weighted by Crippen LogP contribution is -2.42. The van der Waals surface area contributed by atoms with Gasteiger partial charge < -0.3 is 4.74 Å². The maximum atomic E-state index is 13.0. The van der Waals surface area contributed by atoms with Gasteiger partial charge in [0.25, 0.3) is 0 Å². The second-order valence-electron chi connectivity index (χ2n) is 5.39.